The van der Waals surface area contributed by atoms with Gasteiger partial charge in [0, 0.05) is 11.8 Å². The average Bonchev–Trinajstić information content (AvgIpc) is 2.57. The van der Waals surface area contributed by atoms with Crippen molar-refractivity contribution in [2.24, 2.45) is 0 Å². The SMILES string of the molecule is CCOc1cc(C#N)ccc1OCC(=O)Nc1ccc(C)c(C)c1. The second kappa shape index (κ2) is 8.02. The number of carbonyl (C=O) groups excluding carboxylic acids is 1. The minimum absolute atomic E-state index is 0.140. The van der Waals surface area contributed by atoms with Gasteiger partial charge in [-0.3, -0.25) is 4.79 Å². The molecule has 1 amide bonds. The molecular formula is C19H20N2O3. The predicted octanol–water partition coefficient (Wildman–Crippen LogP) is 3.59. The zero-order valence-corrected chi connectivity index (χ0v) is 14.1. The summed E-state index contributed by atoms with van der Waals surface area (Å²) in [5.74, 6) is 0.631. The van der Waals surface area contributed by atoms with E-state index in [1.165, 1.54) is 5.56 Å². The van der Waals surface area contributed by atoms with E-state index < -0.39 is 0 Å². The standard InChI is InChI=1S/C19H20N2O3/c1-4-23-18-10-15(11-20)6-8-17(18)24-12-19(22)21-16-7-5-13(2)14(3)9-16/h5-10H,4,12H2,1-3H3,(H,21,22). The fourth-order valence-electron chi connectivity index (χ4n) is 2.12. The summed E-state index contributed by atoms with van der Waals surface area (Å²) in [6.07, 6.45) is 0. The number of benzene rings is 2. The highest BCUT2D eigenvalue weighted by molar-refractivity contribution is 5.92. The second-order valence-electron chi connectivity index (χ2n) is 5.34. The van der Waals surface area contributed by atoms with E-state index in [9.17, 15) is 4.79 Å². The molecule has 0 heterocycles. The Morgan fingerprint density at radius 1 is 1.08 bits per heavy atom. The van der Waals surface area contributed by atoms with Crippen molar-refractivity contribution < 1.29 is 14.3 Å². The summed E-state index contributed by atoms with van der Waals surface area (Å²) in [7, 11) is 0. The number of amides is 1. The molecule has 0 fully saturated rings. The second-order valence-corrected chi connectivity index (χ2v) is 5.34. The predicted molar refractivity (Wildman–Crippen MR) is 92.4 cm³/mol. The summed E-state index contributed by atoms with van der Waals surface area (Å²) in [4.78, 5) is 12.0. The Morgan fingerprint density at radius 3 is 2.54 bits per heavy atom. The van der Waals surface area contributed by atoms with Gasteiger partial charge in [0.1, 0.15) is 0 Å². The Balaban J connectivity index is 2.00. The fourth-order valence-corrected chi connectivity index (χ4v) is 2.12. The van der Waals surface area contributed by atoms with Crippen LogP contribution < -0.4 is 14.8 Å². The fraction of sp³-hybridized carbons (Fsp3) is 0.263. The van der Waals surface area contributed by atoms with Crippen molar-refractivity contribution in [1.29, 1.82) is 5.26 Å². The van der Waals surface area contributed by atoms with Crippen molar-refractivity contribution in [3.05, 3.63) is 53.1 Å². The van der Waals surface area contributed by atoms with E-state index in [0.717, 1.165) is 11.3 Å². The van der Waals surface area contributed by atoms with Gasteiger partial charge in [0.25, 0.3) is 5.91 Å². The molecule has 0 aliphatic heterocycles. The number of rotatable bonds is 6. The maximum absolute atomic E-state index is 12.0. The van der Waals surface area contributed by atoms with Crippen molar-refractivity contribution in [1.82, 2.24) is 0 Å². The third-order valence-corrected chi connectivity index (χ3v) is 3.52. The molecule has 0 spiro atoms. The first-order valence-corrected chi connectivity index (χ1v) is 7.70. The number of nitriles is 1. The lowest BCUT2D eigenvalue weighted by Crippen LogP contribution is -2.20. The Hall–Kier alpha value is -3.00. The first-order chi connectivity index (χ1) is 11.5. The number of nitrogens with one attached hydrogen (secondary N) is 1. The normalized spacial score (nSPS) is 9.92. The van der Waals surface area contributed by atoms with Gasteiger partial charge in [-0.1, -0.05) is 6.07 Å². The van der Waals surface area contributed by atoms with E-state index in [-0.39, 0.29) is 12.5 Å². The molecule has 0 saturated carbocycles. The largest absolute Gasteiger partial charge is 0.490 e. The van der Waals surface area contributed by atoms with Crippen LogP contribution in [0, 0.1) is 25.2 Å². The van der Waals surface area contributed by atoms with Crippen LogP contribution in [-0.4, -0.2) is 19.1 Å². The van der Waals surface area contributed by atoms with E-state index in [4.69, 9.17) is 14.7 Å². The molecule has 2 aromatic carbocycles. The van der Waals surface area contributed by atoms with Gasteiger partial charge in [-0.25, -0.2) is 0 Å². The molecule has 0 aromatic heterocycles. The van der Waals surface area contributed by atoms with Crippen LogP contribution in [0.2, 0.25) is 0 Å². The number of nitrogens with zero attached hydrogens (tertiary/aromatic N) is 1. The van der Waals surface area contributed by atoms with Gasteiger partial charge < -0.3 is 14.8 Å². The minimum atomic E-state index is -0.259. The van der Waals surface area contributed by atoms with Crippen molar-refractivity contribution in [3.8, 4) is 17.6 Å². The summed E-state index contributed by atoms with van der Waals surface area (Å²) in [5.41, 5.74) is 3.49. The van der Waals surface area contributed by atoms with E-state index in [2.05, 4.69) is 5.32 Å². The maximum atomic E-state index is 12.0. The van der Waals surface area contributed by atoms with Gasteiger partial charge in [0.05, 0.1) is 18.2 Å². The lowest BCUT2D eigenvalue weighted by molar-refractivity contribution is -0.118. The first kappa shape index (κ1) is 17.4. The summed E-state index contributed by atoms with van der Waals surface area (Å²) in [6.45, 7) is 6.16. The topological polar surface area (TPSA) is 71.3 Å². The molecular weight excluding hydrogens is 304 g/mol. The van der Waals surface area contributed by atoms with Crippen LogP contribution in [0.3, 0.4) is 0 Å². The molecule has 0 radical (unpaired) electrons. The van der Waals surface area contributed by atoms with E-state index in [1.807, 2.05) is 45.0 Å². The van der Waals surface area contributed by atoms with E-state index in [0.29, 0.717) is 23.7 Å². The highest BCUT2D eigenvalue weighted by Crippen LogP contribution is 2.28. The summed E-state index contributed by atoms with van der Waals surface area (Å²) in [6, 6.07) is 12.6. The molecule has 24 heavy (non-hydrogen) atoms. The van der Waals surface area contributed by atoms with Crippen LogP contribution >= 0.6 is 0 Å². The number of aryl methyl sites for hydroxylation is 2. The monoisotopic (exact) mass is 324 g/mol. The Bertz CT molecular complexity index is 779. The van der Waals surface area contributed by atoms with Gasteiger partial charge >= 0.3 is 0 Å². The number of hydrogen-bond donors (Lipinski definition) is 1. The quantitative estimate of drug-likeness (QED) is 0.881. The number of anilines is 1. The van der Waals surface area contributed by atoms with Crippen molar-refractivity contribution >= 4 is 11.6 Å². The zero-order chi connectivity index (χ0) is 17.5. The highest BCUT2D eigenvalue weighted by atomic mass is 16.5. The summed E-state index contributed by atoms with van der Waals surface area (Å²) in [5, 5.41) is 11.7. The minimum Gasteiger partial charge on any atom is -0.490 e. The van der Waals surface area contributed by atoms with Crippen molar-refractivity contribution in [3.63, 3.8) is 0 Å². The van der Waals surface area contributed by atoms with Gasteiger partial charge in [-0.15, -0.1) is 0 Å². The van der Waals surface area contributed by atoms with Gasteiger partial charge in [-0.2, -0.15) is 5.26 Å². The average molecular weight is 324 g/mol. The van der Waals surface area contributed by atoms with Gasteiger partial charge in [0.15, 0.2) is 18.1 Å². The van der Waals surface area contributed by atoms with Crippen LogP contribution in [0.15, 0.2) is 36.4 Å². The van der Waals surface area contributed by atoms with Crippen LogP contribution in [0.25, 0.3) is 0 Å². The molecule has 2 aromatic rings. The molecule has 0 bridgehead atoms. The van der Waals surface area contributed by atoms with Crippen LogP contribution in [0.5, 0.6) is 11.5 Å². The molecule has 5 nitrogen and oxygen atoms in total. The first-order valence-electron chi connectivity index (χ1n) is 7.70. The Morgan fingerprint density at radius 2 is 1.88 bits per heavy atom. The van der Waals surface area contributed by atoms with Gasteiger partial charge in [0.2, 0.25) is 0 Å². The van der Waals surface area contributed by atoms with Crippen LogP contribution in [-0.2, 0) is 4.79 Å². The molecule has 1 N–H and O–H groups in total. The molecule has 0 aliphatic rings. The molecule has 0 unspecified atom stereocenters. The van der Waals surface area contributed by atoms with Crippen LogP contribution in [0.1, 0.15) is 23.6 Å². The molecule has 5 heteroatoms. The third-order valence-electron chi connectivity index (χ3n) is 3.52. The summed E-state index contributed by atoms with van der Waals surface area (Å²) >= 11 is 0. The van der Waals surface area contributed by atoms with Crippen LogP contribution in [0.4, 0.5) is 5.69 Å². The van der Waals surface area contributed by atoms with Crippen molar-refractivity contribution in [2.75, 3.05) is 18.5 Å². The highest BCUT2D eigenvalue weighted by Gasteiger charge is 2.10. The molecule has 0 saturated heterocycles. The Labute approximate surface area is 141 Å². The van der Waals surface area contributed by atoms with E-state index >= 15 is 0 Å². The number of hydrogen-bond acceptors (Lipinski definition) is 4. The zero-order valence-electron chi connectivity index (χ0n) is 14.1. The van der Waals surface area contributed by atoms with Gasteiger partial charge in [-0.05, 0) is 56.2 Å². The smallest absolute Gasteiger partial charge is 0.262 e. The molecule has 0 aliphatic carbocycles. The lowest BCUT2D eigenvalue weighted by Gasteiger charge is -2.12. The lowest BCUT2D eigenvalue weighted by atomic mass is 10.1. The molecule has 2 rings (SSSR count). The maximum Gasteiger partial charge on any atom is 0.262 e. The third kappa shape index (κ3) is 4.50. The Kier molecular flexibility index (Phi) is 5.80. The molecule has 0 atom stereocenters. The van der Waals surface area contributed by atoms with Crippen molar-refractivity contribution in [2.45, 2.75) is 20.8 Å². The number of ether oxygens (including phenoxy) is 2. The molecule has 124 valence electrons. The number of carbonyl (C=O) groups is 1. The van der Waals surface area contributed by atoms with E-state index in [1.54, 1.807) is 18.2 Å². The summed E-state index contributed by atoms with van der Waals surface area (Å²) < 4.78 is 11.0.